The standard InChI is InChI=1S/C24H35NO2.ClH/c1-4-5-6-7-8-11-16-25-18-21-14-15-23(24(17-21)26-3)27-19-22-13-10-9-12-20(22)2;/h9-10,12-15,17,25H,4-8,11,16,18-19H2,1-3H3;1H. The van der Waals surface area contributed by atoms with Crippen molar-refractivity contribution in [3.05, 3.63) is 59.2 Å². The molecule has 0 saturated heterocycles. The Kier molecular flexibility index (Phi) is 12.4. The number of benzene rings is 2. The average molecular weight is 406 g/mol. The van der Waals surface area contributed by atoms with E-state index in [9.17, 15) is 0 Å². The van der Waals surface area contributed by atoms with Crippen LogP contribution in [0.5, 0.6) is 11.5 Å². The number of hydrogen-bond donors (Lipinski definition) is 1. The normalized spacial score (nSPS) is 10.4. The van der Waals surface area contributed by atoms with Crippen molar-refractivity contribution in [3.8, 4) is 11.5 Å². The zero-order chi connectivity index (χ0) is 19.3. The van der Waals surface area contributed by atoms with Crippen molar-refractivity contribution in [1.29, 1.82) is 0 Å². The largest absolute Gasteiger partial charge is 0.493 e. The first-order valence-electron chi connectivity index (χ1n) is 10.3. The van der Waals surface area contributed by atoms with E-state index in [-0.39, 0.29) is 12.4 Å². The van der Waals surface area contributed by atoms with E-state index < -0.39 is 0 Å². The zero-order valence-corrected chi connectivity index (χ0v) is 18.4. The summed E-state index contributed by atoms with van der Waals surface area (Å²) in [7, 11) is 1.70. The maximum atomic E-state index is 5.99. The van der Waals surface area contributed by atoms with Gasteiger partial charge in [-0.25, -0.2) is 0 Å². The van der Waals surface area contributed by atoms with Gasteiger partial charge in [0, 0.05) is 6.54 Å². The third kappa shape index (κ3) is 8.53. The Labute approximate surface area is 177 Å². The summed E-state index contributed by atoms with van der Waals surface area (Å²) in [5.41, 5.74) is 3.66. The molecule has 0 aromatic heterocycles. The van der Waals surface area contributed by atoms with Crippen LogP contribution in [-0.4, -0.2) is 13.7 Å². The number of methoxy groups -OCH3 is 1. The highest BCUT2D eigenvalue weighted by Crippen LogP contribution is 2.29. The Balaban J connectivity index is 0.00000392. The monoisotopic (exact) mass is 405 g/mol. The van der Waals surface area contributed by atoms with Gasteiger partial charge in [-0.3, -0.25) is 0 Å². The van der Waals surface area contributed by atoms with E-state index in [0.717, 1.165) is 24.6 Å². The van der Waals surface area contributed by atoms with Gasteiger partial charge in [0.15, 0.2) is 11.5 Å². The lowest BCUT2D eigenvalue weighted by Gasteiger charge is -2.13. The molecule has 2 rings (SSSR count). The van der Waals surface area contributed by atoms with Gasteiger partial charge in [-0.2, -0.15) is 0 Å². The molecule has 2 aromatic carbocycles. The molecule has 3 nitrogen and oxygen atoms in total. The van der Waals surface area contributed by atoms with Crippen LogP contribution in [0.25, 0.3) is 0 Å². The average Bonchev–Trinajstić information content (AvgIpc) is 2.69. The van der Waals surface area contributed by atoms with Crippen molar-refractivity contribution in [1.82, 2.24) is 5.32 Å². The smallest absolute Gasteiger partial charge is 0.161 e. The third-order valence-corrected chi connectivity index (χ3v) is 4.91. The minimum atomic E-state index is 0. The molecule has 0 saturated carbocycles. The van der Waals surface area contributed by atoms with Gasteiger partial charge >= 0.3 is 0 Å². The van der Waals surface area contributed by atoms with E-state index in [2.05, 4.69) is 43.4 Å². The molecule has 0 bridgehead atoms. The number of ether oxygens (including phenoxy) is 2. The molecule has 4 heteroatoms. The highest BCUT2D eigenvalue weighted by atomic mass is 35.5. The minimum absolute atomic E-state index is 0. The van der Waals surface area contributed by atoms with Crippen LogP contribution in [0, 0.1) is 6.92 Å². The molecule has 0 amide bonds. The number of nitrogens with one attached hydrogen (secondary N) is 1. The van der Waals surface area contributed by atoms with Crippen LogP contribution >= 0.6 is 12.4 Å². The first-order chi connectivity index (χ1) is 13.2. The van der Waals surface area contributed by atoms with Crippen molar-refractivity contribution in [2.45, 2.75) is 65.5 Å². The Bertz CT molecular complexity index is 675. The van der Waals surface area contributed by atoms with Gasteiger partial charge in [-0.15, -0.1) is 12.4 Å². The molecule has 0 unspecified atom stereocenters. The summed E-state index contributed by atoms with van der Waals surface area (Å²) < 4.78 is 11.5. The van der Waals surface area contributed by atoms with Crippen LogP contribution in [0.4, 0.5) is 0 Å². The number of hydrogen-bond acceptors (Lipinski definition) is 3. The second kappa shape index (κ2) is 14.3. The summed E-state index contributed by atoms with van der Waals surface area (Å²) in [5.74, 6) is 1.59. The van der Waals surface area contributed by atoms with E-state index in [4.69, 9.17) is 9.47 Å². The lowest BCUT2D eigenvalue weighted by Crippen LogP contribution is -2.14. The Morgan fingerprint density at radius 1 is 0.893 bits per heavy atom. The summed E-state index contributed by atoms with van der Waals surface area (Å²) in [6.45, 7) is 6.85. The van der Waals surface area contributed by atoms with Gasteiger partial charge in [-0.1, -0.05) is 69.4 Å². The van der Waals surface area contributed by atoms with Crippen molar-refractivity contribution < 1.29 is 9.47 Å². The van der Waals surface area contributed by atoms with E-state index >= 15 is 0 Å². The molecule has 2 aromatic rings. The topological polar surface area (TPSA) is 30.5 Å². The van der Waals surface area contributed by atoms with Crippen molar-refractivity contribution in [2.75, 3.05) is 13.7 Å². The molecule has 0 radical (unpaired) electrons. The lowest BCUT2D eigenvalue weighted by molar-refractivity contribution is 0.283. The quantitative estimate of drug-likeness (QED) is 0.388. The Morgan fingerprint density at radius 3 is 2.39 bits per heavy atom. The van der Waals surface area contributed by atoms with E-state index in [0.29, 0.717) is 6.61 Å². The maximum Gasteiger partial charge on any atom is 0.161 e. The van der Waals surface area contributed by atoms with Gasteiger partial charge in [0.1, 0.15) is 6.61 Å². The van der Waals surface area contributed by atoms with E-state index in [1.807, 2.05) is 18.2 Å². The predicted molar refractivity (Wildman–Crippen MR) is 121 cm³/mol. The molecule has 156 valence electrons. The fraction of sp³-hybridized carbons (Fsp3) is 0.500. The molecule has 0 fully saturated rings. The van der Waals surface area contributed by atoms with Crippen molar-refractivity contribution in [3.63, 3.8) is 0 Å². The van der Waals surface area contributed by atoms with Gasteiger partial charge < -0.3 is 14.8 Å². The number of rotatable bonds is 13. The minimum Gasteiger partial charge on any atom is -0.493 e. The molecule has 28 heavy (non-hydrogen) atoms. The first-order valence-corrected chi connectivity index (χ1v) is 10.3. The maximum absolute atomic E-state index is 5.99. The van der Waals surface area contributed by atoms with E-state index in [1.165, 1.54) is 55.2 Å². The fourth-order valence-electron chi connectivity index (χ4n) is 3.13. The van der Waals surface area contributed by atoms with Crippen LogP contribution in [0.3, 0.4) is 0 Å². The molecule has 0 aliphatic carbocycles. The van der Waals surface area contributed by atoms with Crippen molar-refractivity contribution in [2.24, 2.45) is 0 Å². The second-order valence-electron chi connectivity index (χ2n) is 7.14. The van der Waals surface area contributed by atoms with Gasteiger partial charge in [0.2, 0.25) is 0 Å². The van der Waals surface area contributed by atoms with Crippen LogP contribution in [-0.2, 0) is 13.2 Å². The summed E-state index contributed by atoms with van der Waals surface area (Å²) in [6.07, 6.45) is 7.98. The Morgan fingerprint density at radius 2 is 1.64 bits per heavy atom. The van der Waals surface area contributed by atoms with Crippen molar-refractivity contribution >= 4 is 12.4 Å². The van der Waals surface area contributed by atoms with Crippen LogP contribution < -0.4 is 14.8 Å². The number of aryl methyl sites for hydroxylation is 1. The number of unbranched alkanes of at least 4 members (excludes halogenated alkanes) is 5. The molecule has 0 spiro atoms. The van der Waals surface area contributed by atoms with E-state index in [1.54, 1.807) is 7.11 Å². The molecule has 1 N–H and O–H groups in total. The van der Waals surface area contributed by atoms with Gasteiger partial charge in [0.25, 0.3) is 0 Å². The summed E-state index contributed by atoms with van der Waals surface area (Å²) in [6, 6.07) is 14.5. The number of halogens is 1. The molecule has 0 heterocycles. The molecule has 0 aliphatic rings. The van der Waals surface area contributed by atoms with Crippen LogP contribution in [0.2, 0.25) is 0 Å². The zero-order valence-electron chi connectivity index (χ0n) is 17.6. The molecular weight excluding hydrogens is 370 g/mol. The second-order valence-corrected chi connectivity index (χ2v) is 7.14. The third-order valence-electron chi connectivity index (χ3n) is 4.91. The fourth-order valence-corrected chi connectivity index (χ4v) is 3.13. The highest BCUT2D eigenvalue weighted by molar-refractivity contribution is 5.85. The Hall–Kier alpha value is -1.71. The molecule has 0 atom stereocenters. The summed E-state index contributed by atoms with van der Waals surface area (Å²) in [4.78, 5) is 0. The molecular formula is C24H36ClNO2. The van der Waals surface area contributed by atoms with Crippen LogP contribution in [0.15, 0.2) is 42.5 Å². The molecule has 0 aliphatic heterocycles. The van der Waals surface area contributed by atoms with Gasteiger partial charge in [0.05, 0.1) is 7.11 Å². The highest BCUT2D eigenvalue weighted by Gasteiger charge is 2.07. The summed E-state index contributed by atoms with van der Waals surface area (Å²) in [5, 5.41) is 3.53. The SMILES string of the molecule is CCCCCCCCNCc1ccc(OCc2ccccc2C)c(OC)c1.Cl. The lowest BCUT2D eigenvalue weighted by atomic mass is 10.1. The van der Waals surface area contributed by atoms with Crippen LogP contribution in [0.1, 0.15) is 62.1 Å². The van der Waals surface area contributed by atoms with Gasteiger partial charge in [-0.05, 0) is 48.7 Å². The summed E-state index contributed by atoms with van der Waals surface area (Å²) >= 11 is 0. The predicted octanol–water partition coefficient (Wildman–Crippen LogP) is 6.45. The first kappa shape index (κ1) is 24.3.